The van der Waals surface area contributed by atoms with Gasteiger partial charge in [0, 0.05) is 42.1 Å². The van der Waals surface area contributed by atoms with Crippen LogP contribution < -0.4 is 5.32 Å². The molecule has 8 heteroatoms. The van der Waals surface area contributed by atoms with Gasteiger partial charge in [0.1, 0.15) is 0 Å². The Bertz CT molecular complexity index is 897. The molecule has 5 nitrogen and oxygen atoms in total. The van der Waals surface area contributed by atoms with Crippen LogP contribution in [0, 0.1) is 5.92 Å². The molecule has 2 aromatic rings. The zero-order valence-corrected chi connectivity index (χ0v) is 18.5. The SMILES string of the molecule is O=C(NCCSCc1ccc(Cl)cc1)C1CCN(S(=O)(=O)c2ccccc2)CC1. The standard InChI is InChI=1S/C21H25ClN2O3S2/c22-19-8-6-17(7-9-19)16-28-15-12-23-21(25)18-10-13-24(14-11-18)29(26,27)20-4-2-1-3-5-20/h1-9,18H,10-16H2,(H,23,25). The molecule has 1 amide bonds. The normalized spacial score (nSPS) is 15.9. The minimum absolute atomic E-state index is 0.0221. The fourth-order valence-corrected chi connectivity index (χ4v) is 5.70. The average Bonchev–Trinajstić information content (AvgIpc) is 2.75. The first-order valence-electron chi connectivity index (χ1n) is 9.62. The van der Waals surface area contributed by atoms with Gasteiger partial charge in [0.05, 0.1) is 4.90 Å². The van der Waals surface area contributed by atoms with E-state index in [-0.39, 0.29) is 11.8 Å². The second kappa shape index (κ2) is 10.5. The Morgan fingerprint density at radius 1 is 1.07 bits per heavy atom. The summed E-state index contributed by atoms with van der Waals surface area (Å²) in [5.41, 5.74) is 1.21. The van der Waals surface area contributed by atoms with Crippen molar-refractivity contribution in [2.24, 2.45) is 5.92 Å². The number of hydrogen-bond donors (Lipinski definition) is 1. The topological polar surface area (TPSA) is 66.5 Å². The number of nitrogens with one attached hydrogen (secondary N) is 1. The maximum Gasteiger partial charge on any atom is 0.243 e. The van der Waals surface area contributed by atoms with Crippen LogP contribution in [0.1, 0.15) is 18.4 Å². The van der Waals surface area contributed by atoms with Gasteiger partial charge in [-0.25, -0.2) is 8.42 Å². The number of benzene rings is 2. The van der Waals surface area contributed by atoms with Crippen molar-refractivity contribution in [3.8, 4) is 0 Å². The maximum atomic E-state index is 12.7. The van der Waals surface area contributed by atoms with E-state index in [1.54, 1.807) is 42.1 Å². The number of rotatable bonds is 8. The molecule has 29 heavy (non-hydrogen) atoms. The number of thioether (sulfide) groups is 1. The minimum Gasteiger partial charge on any atom is -0.355 e. The van der Waals surface area contributed by atoms with Gasteiger partial charge in [0.2, 0.25) is 15.9 Å². The van der Waals surface area contributed by atoms with Gasteiger partial charge in [0.25, 0.3) is 0 Å². The molecular weight excluding hydrogens is 428 g/mol. The first kappa shape index (κ1) is 22.2. The van der Waals surface area contributed by atoms with E-state index in [1.165, 1.54) is 9.87 Å². The predicted molar refractivity (Wildman–Crippen MR) is 119 cm³/mol. The van der Waals surface area contributed by atoms with E-state index in [0.29, 0.717) is 37.4 Å². The quantitative estimate of drug-likeness (QED) is 0.619. The monoisotopic (exact) mass is 452 g/mol. The molecule has 0 saturated carbocycles. The molecule has 0 bridgehead atoms. The van der Waals surface area contributed by atoms with E-state index in [2.05, 4.69) is 5.32 Å². The lowest BCUT2D eigenvalue weighted by Crippen LogP contribution is -2.43. The van der Waals surface area contributed by atoms with Crippen LogP contribution in [0.4, 0.5) is 0 Å². The van der Waals surface area contributed by atoms with Gasteiger partial charge in [0.15, 0.2) is 0 Å². The summed E-state index contributed by atoms with van der Waals surface area (Å²) in [6.45, 7) is 1.36. The summed E-state index contributed by atoms with van der Waals surface area (Å²) in [5, 5.41) is 3.71. The van der Waals surface area contributed by atoms with E-state index >= 15 is 0 Å². The zero-order valence-electron chi connectivity index (χ0n) is 16.1. The summed E-state index contributed by atoms with van der Waals surface area (Å²) in [5.74, 6) is 1.60. The van der Waals surface area contributed by atoms with Gasteiger partial charge >= 0.3 is 0 Å². The fourth-order valence-electron chi connectivity index (χ4n) is 3.26. The van der Waals surface area contributed by atoms with E-state index in [4.69, 9.17) is 11.6 Å². The molecule has 2 aromatic carbocycles. The van der Waals surface area contributed by atoms with Gasteiger partial charge in [-0.2, -0.15) is 16.1 Å². The minimum atomic E-state index is -3.47. The van der Waals surface area contributed by atoms with Gasteiger partial charge in [-0.3, -0.25) is 4.79 Å². The second-order valence-electron chi connectivity index (χ2n) is 6.96. The van der Waals surface area contributed by atoms with Crippen LogP contribution in [-0.4, -0.2) is 44.0 Å². The van der Waals surface area contributed by atoms with E-state index in [9.17, 15) is 13.2 Å². The smallest absolute Gasteiger partial charge is 0.243 e. The molecule has 1 heterocycles. The van der Waals surface area contributed by atoms with E-state index in [1.807, 2.05) is 24.3 Å². The number of halogens is 1. The maximum absolute atomic E-state index is 12.7. The van der Waals surface area contributed by atoms with Crippen molar-refractivity contribution in [2.45, 2.75) is 23.5 Å². The van der Waals surface area contributed by atoms with Crippen LogP contribution in [0.2, 0.25) is 5.02 Å². The van der Waals surface area contributed by atoms with Crippen molar-refractivity contribution in [1.82, 2.24) is 9.62 Å². The first-order chi connectivity index (χ1) is 14.0. The van der Waals surface area contributed by atoms with Gasteiger partial charge in [-0.1, -0.05) is 41.9 Å². The van der Waals surface area contributed by atoms with Crippen LogP contribution in [0.25, 0.3) is 0 Å². The molecule has 0 aliphatic carbocycles. The van der Waals surface area contributed by atoms with Gasteiger partial charge in [-0.15, -0.1) is 0 Å². The Labute approximate surface area is 181 Å². The highest BCUT2D eigenvalue weighted by Gasteiger charge is 2.31. The Kier molecular flexibility index (Phi) is 8.00. The number of sulfonamides is 1. The summed E-state index contributed by atoms with van der Waals surface area (Å²) < 4.78 is 26.8. The molecule has 1 aliphatic rings. The molecule has 0 radical (unpaired) electrons. The molecule has 1 aliphatic heterocycles. The highest BCUT2D eigenvalue weighted by atomic mass is 35.5. The average molecular weight is 453 g/mol. The number of amides is 1. The predicted octanol–water partition coefficient (Wildman–Crippen LogP) is 3.79. The molecule has 0 aromatic heterocycles. The molecule has 0 unspecified atom stereocenters. The highest BCUT2D eigenvalue weighted by molar-refractivity contribution is 7.98. The fraction of sp³-hybridized carbons (Fsp3) is 0.381. The lowest BCUT2D eigenvalue weighted by atomic mass is 9.97. The number of hydrogen-bond acceptors (Lipinski definition) is 4. The lowest BCUT2D eigenvalue weighted by molar-refractivity contribution is -0.125. The zero-order chi connectivity index (χ0) is 20.7. The van der Waals surface area contributed by atoms with Crippen LogP contribution in [-0.2, 0) is 20.6 Å². The molecule has 0 spiro atoms. The van der Waals surface area contributed by atoms with Crippen LogP contribution in [0.3, 0.4) is 0 Å². The lowest BCUT2D eigenvalue weighted by Gasteiger charge is -2.30. The van der Waals surface area contributed by atoms with Gasteiger partial charge in [-0.05, 0) is 42.7 Å². The third-order valence-electron chi connectivity index (χ3n) is 4.93. The molecule has 3 rings (SSSR count). The number of nitrogens with zero attached hydrogens (tertiary/aromatic N) is 1. The summed E-state index contributed by atoms with van der Waals surface area (Å²) in [7, 11) is -3.47. The van der Waals surface area contributed by atoms with Crippen LogP contribution in [0.5, 0.6) is 0 Å². The first-order valence-corrected chi connectivity index (χ1v) is 12.6. The van der Waals surface area contributed by atoms with E-state index in [0.717, 1.165) is 16.5 Å². The van der Waals surface area contributed by atoms with Crippen molar-refractivity contribution in [3.05, 3.63) is 65.2 Å². The van der Waals surface area contributed by atoms with Crippen LogP contribution >= 0.6 is 23.4 Å². The number of piperidine rings is 1. The summed E-state index contributed by atoms with van der Waals surface area (Å²) in [6, 6.07) is 16.2. The molecule has 1 N–H and O–H groups in total. The Morgan fingerprint density at radius 3 is 2.38 bits per heavy atom. The Hall–Kier alpha value is -1.54. The second-order valence-corrected chi connectivity index (χ2v) is 10.4. The number of carbonyl (C=O) groups excluding carboxylic acids is 1. The highest BCUT2D eigenvalue weighted by Crippen LogP contribution is 2.24. The number of carbonyl (C=O) groups is 1. The van der Waals surface area contributed by atoms with Crippen molar-refractivity contribution < 1.29 is 13.2 Å². The van der Waals surface area contributed by atoms with Gasteiger partial charge < -0.3 is 5.32 Å². The Morgan fingerprint density at radius 2 is 1.72 bits per heavy atom. The van der Waals surface area contributed by atoms with E-state index < -0.39 is 10.0 Å². The summed E-state index contributed by atoms with van der Waals surface area (Å²) in [4.78, 5) is 12.7. The van der Waals surface area contributed by atoms with Crippen molar-refractivity contribution in [3.63, 3.8) is 0 Å². The molecule has 1 saturated heterocycles. The summed E-state index contributed by atoms with van der Waals surface area (Å²) in [6.07, 6.45) is 1.10. The molecule has 1 fully saturated rings. The third-order valence-corrected chi connectivity index (χ3v) is 8.13. The van der Waals surface area contributed by atoms with Crippen molar-refractivity contribution in [2.75, 3.05) is 25.4 Å². The summed E-state index contributed by atoms with van der Waals surface area (Å²) >= 11 is 7.64. The van der Waals surface area contributed by atoms with Crippen molar-refractivity contribution in [1.29, 1.82) is 0 Å². The largest absolute Gasteiger partial charge is 0.355 e. The Balaban J connectivity index is 1.37. The van der Waals surface area contributed by atoms with Crippen LogP contribution in [0.15, 0.2) is 59.5 Å². The third kappa shape index (κ3) is 6.22. The van der Waals surface area contributed by atoms with Crippen molar-refractivity contribution >= 4 is 39.3 Å². The molecule has 156 valence electrons. The molecular formula is C21H25ClN2O3S2. The molecule has 0 atom stereocenters.